The summed E-state index contributed by atoms with van der Waals surface area (Å²) in [5.74, 6) is 2.78. The number of aryl methyl sites for hydroxylation is 1. The van der Waals surface area contributed by atoms with E-state index in [1.54, 1.807) is 23.9 Å². The number of hydrogen-bond acceptors (Lipinski definition) is 6. The first kappa shape index (κ1) is 20.3. The van der Waals surface area contributed by atoms with Crippen LogP contribution in [0.15, 0.2) is 47.6 Å². The van der Waals surface area contributed by atoms with Gasteiger partial charge in [-0.1, -0.05) is 42.4 Å². The van der Waals surface area contributed by atoms with Crippen LogP contribution in [0.25, 0.3) is 11.4 Å². The van der Waals surface area contributed by atoms with Gasteiger partial charge in [0.2, 0.25) is 12.7 Å². The van der Waals surface area contributed by atoms with Gasteiger partial charge in [0, 0.05) is 36.0 Å². The third-order valence-electron chi connectivity index (χ3n) is 4.66. The Morgan fingerprint density at radius 1 is 1.17 bits per heavy atom. The van der Waals surface area contributed by atoms with Crippen LogP contribution >= 0.6 is 11.8 Å². The van der Waals surface area contributed by atoms with E-state index >= 15 is 0 Å². The van der Waals surface area contributed by atoms with E-state index in [2.05, 4.69) is 52.1 Å². The van der Waals surface area contributed by atoms with Crippen LogP contribution in [-0.4, -0.2) is 33.2 Å². The van der Waals surface area contributed by atoms with E-state index in [1.807, 2.05) is 12.1 Å². The zero-order valence-corrected chi connectivity index (χ0v) is 17.9. The number of ether oxygens (including phenoxy) is 2. The average Bonchev–Trinajstić information content (AvgIpc) is 3.35. The van der Waals surface area contributed by atoms with E-state index in [0.717, 1.165) is 29.5 Å². The maximum absolute atomic E-state index is 12.3. The Hall–Kier alpha value is -3.00. The Balaban J connectivity index is 1.37. The summed E-state index contributed by atoms with van der Waals surface area (Å²) in [5.41, 5.74) is 2.95. The lowest BCUT2D eigenvalue weighted by atomic mass is 10.1. The van der Waals surface area contributed by atoms with Gasteiger partial charge in [-0.15, -0.1) is 10.2 Å². The highest BCUT2D eigenvalue weighted by molar-refractivity contribution is 7.99. The Labute approximate surface area is 179 Å². The lowest BCUT2D eigenvalue weighted by Crippen LogP contribution is -2.12. The molecule has 1 amide bonds. The lowest BCUT2D eigenvalue weighted by Gasteiger charge is -2.09. The summed E-state index contributed by atoms with van der Waals surface area (Å²) in [7, 11) is 0. The van der Waals surface area contributed by atoms with Crippen molar-refractivity contribution in [1.82, 2.24) is 14.8 Å². The number of thioether (sulfide) groups is 1. The third kappa shape index (κ3) is 4.59. The molecular formula is C22H24N4O3S. The normalized spacial score (nSPS) is 12.2. The lowest BCUT2D eigenvalue weighted by molar-refractivity contribution is -0.115. The molecule has 0 spiro atoms. The topological polar surface area (TPSA) is 78.3 Å². The first-order valence-electron chi connectivity index (χ1n) is 9.96. The van der Waals surface area contributed by atoms with Crippen molar-refractivity contribution >= 4 is 23.4 Å². The minimum Gasteiger partial charge on any atom is -0.454 e. The van der Waals surface area contributed by atoms with Crippen LogP contribution in [0.2, 0.25) is 0 Å². The molecule has 0 saturated heterocycles. The molecule has 1 aromatic heterocycles. The van der Waals surface area contributed by atoms with E-state index in [1.165, 1.54) is 5.56 Å². The van der Waals surface area contributed by atoms with Crippen molar-refractivity contribution in [3.8, 4) is 22.9 Å². The molecule has 0 fully saturated rings. The van der Waals surface area contributed by atoms with Crippen LogP contribution in [0.1, 0.15) is 25.3 Å². The van der Waals surface area contributed by atoms with Gasteiger partial charge in [-0.2, -0.15) is 0 Å². The predicted molar refractivity (Wildman–Crippen MR) is 117 cm³/mol. The fraction of sp³-hybridized carbons (Fsp3) is 0.318. The van der Waals surface area contributed by atoms with Crippen molar-refractivity contribution < 1.29 is 14.3 Å². The van der Waals surface area contributed by atoms with Crippen LogP contribution in [-0.2, 0) is 11.3 Å². The molecule has 0 bridgehead atoms. The highest BCUT2D eigenvalue weighted by Gasteiger charge is 2.16. The molecule has 30 heavy (non-hydrogen) atoms. The van der Waals surface area contributed by atoms with Crippen molar-refractivity contribution in [3.05, 3.63) is 48.0 Å². The molecule has 0 unspecified atom stereocenters. The second kappa shape index (κ2) is 9.21. The van der Waals surface area contributed by atoms with Crippen LogP contribution in [0.4, 0.5) is 5.69 Å². The molecule has 2 aromatic carbocycles. The number of hydrogen-bond donors (Lipinski definition) is 1. The maximum atomic E-state index is 12.3. The van der Waals surface area contributed by atoms with Gasteiger partial charge >= 0.3 is 0 Å². The zero-order valence-electron chi connectivity index (χ0n) is 17.1. The standard InChI is InChI=1S/C22H24N4O3S/c1-3-10-26-21(16-6-4-5-15(2)12-16)24-25-22(26)30-11-9-20(27)23-17-7-8-18-19(13-17)29-14-28-18/h4-8,12-13H,3,9-11,14H2,1-2H3,(H,23,27). The van der Waals surface area contributed by atoms with Gasteiger partial charge in [-0.3, -0.25) is 4.79 Å². The van der Waals surface area contributed by atoms with Crippen LogP contribution in [0, 0.1) is 6.92 Å². The van der Waals surface area contributed by atoms with Crippen molar-refractivity contribution in [2.45, 2.75) is 38.4 Å². The number of carbonyl (C=O) groups is 1. The Bertz CT molecular complexity index is 1050. The van der Waals surface area contributed by atoms with Gasteiger partial charge in [-0.05, 0) is 31.5 Å². The number of rotatable bonds is 8. The highest BCUT2D eigenvalue weighted by Crippen LogP contribution is 2.34. The number of aromatic nitrogens is 3. The fourth-order valence-electron chi connectivity index (χ4n) is 3.25. The number of carbonyl (C=O) groups excluding carboxylic acids is 1. The Kier molecular flexibility index (Phi) is 6.23. The summed E-state index contributed by atoms with van der Waals surface area (Å²) < 4.78 is 12.8. The van der Waals surface area contributed by atoms with E-state index in [-0.39, 0.29) is 12.7 Å². The van der Waals surface area contributed by atoms with E-state index in [9.17, 15) is 4.79 Å². The van der Waals surface area contributed by atoms with Crippen LogP contribution < -0.4 is 14.8 Å². The summed E-state index contributed by atoms with van der Waals surface area (Å²) in [6.07, 6.45) is 1.35. The molecule has 0 saturated carbocycles. The smallest absolute Gasteiger partial charge is 0.231 e. The molecule has 0 aliphatic carbocycles. The molecular weight excluding hydrogens is 400 g/mol. The van der Waals surface area contributed by atoms with E-state index in [0.29, 0.717) is 29.4 Å². The largest absolute Gasteiger partial charge is 0.454 e. The van der Waals surface area contributed by atoms with Crippen LogP contribution in [0.3, 0.4) is 0 Å². The average molecular weight is 425 g/mol. The first-order chi connectivity index (χ1) is 14.6. The summed E-state index contributed by atoms with van der Waals surface area (Å²) in [4.78, 5) is 12.3. The highest BCUT2D eigenvalue weighted by atomic mass is 32.2. The summed E-state index contributed by atoms with van der Waals surface area (Å²) in [6, 6.07) is 13.7. The SMILES string of the molecule is CCCn1c(SCCC(=O)Nc2ccc3c(c2)OCO3)nnc1-c1cccc(C)c1. The zero-order chi connectivity index (χ0) is 20.9. The molecule has 2 heterocycles. The molecule has 7 nitrogen and oxygen atoms in total. The molecule has 1 aliphatic heterocycles. The van der Waals surface area contributed by atoms with Crippen molar-refractivity contribution in [2.75, 3.05) is 17.9 Å². The Morgan fingerprint density at radius 3 is 2.87 bits per heavy atom. The van der Waals surface area contributed by atoms with Crippen molar-refractivity contribution in [1.29, 1.82) is 0 Å². The number of nitrogens with one attached hydrogen (secondary N) is 1. The van der Waals surface area contributed by atoms with Gasteiger partial charge < -0.3 is 19.4 Å². The minimum atomic E-state index is -0.0539. The summed E-state index contributed by atoms with van der Waals surface area (Å²) in [6.45, 7) is 5.25. The number of benzene rings is 2. The van der Waals surface area contributed by atoms with Gasteiger partial charge in [0.05, 0.1) is 0 Å². The molecule has 156 valence electrons. The quantitative estimate of drug-likeness (QED) is 0.536. The van der Waals surface area contributed by atoms with Gasteiger partial charge in [-0.25, -0.2) is 0 Å². The van der Waals surface area contributed by atoms with Crippen LogP contribution in [0.5, 0.6) is 11.5 Å². The number of anilines is 1. The molecule has 0 radical (unpaired) electrons. The van der Waals surface area contributed by atoms with Gasteiger partial charge in [0.15, 0.2) is 22.5 Å². The molecule has 0 atom stereocenters. The predicted octanol–water partition coefficient (Wildman–Crippen LogP) is 4.51. The molecule has 1 aliphatic rings. The Morgan fingerprint density at radius 2 is 2.03 bits per heavy atom. The third-order valence-corrected chi connectivity index (χ3v) is 5.63. The minimum absolute atomic E-state index is 0.0539. The fourth-order valence-corrected chi connectivity index (χ4v) is 4.15. The van der Waals surface area contributed by atoms with Crippen molar-refractivity contribution in [2.24, 2.45) is 0 Å². The van der Waals surface area contributed by atoms with E-state index < -0.39 is 0 Å². The first-order valence-corrected chi connectivity index (χ1v) is 10.9. The van der Waals surface area contributed by atoms with Crippen molar-refractivity contribution in [3.63, 3.8) is 0 Å². The molecule has 8 heteroatoms. The van der Waals surface area contributed by atoms with Gasteiger partial charge in [0.1, 0.15) is 0 Å². The molecule has 1 N–H and O–H groups in total. The molecule has 4 rings (SSSR count). The molecule has 3 aromatic rings. The summed E-state index contributed by atoms with van der Waals surface area (Å²) >= 11 is 1.55. The summed E-state index contributed by atoms with van der Waals surface area (Å²) in [5, 5.41) is 12.5. The number of fused-ring (bicyclic) bond motifs is 1. The second-order valence-corrected chi connectivity index (χ2v) is 8.10. The second-order valence-electron chi connectivity index (χ2n) is 7.04. The van der Waals surface area contributed by atoms with Gasteiger partial charge in [0.25, 0.3) is 0 Å². The maximum Gasteiger partial charge on any atom is 0.231 e. The number of nitrogens with zero attached hydrogens (tertiary/aromatic N) is 3. The monoisotopic (exact) mass is 424 g/mol. The number of amides is 1. The van der Waals surface area contributed by atoms with E-state index in [4.69, 9.17) is 9.47 Å².